The van der Waals surface area contributed by atoms with Gasteiger partial charge in [0, 0.05) is 25.2 Å². The van der Waals surface area contributed by atoms with Crippen molar-refractivity contribution in [3.05, 3.63) is 22.8 Å². The molecule has 6 heteroatoms. The number of nitrogens with zero attached hydrogens (tertiary/aromatic N) is 2. The van der Waals surface area contributed by atoms with Crippen molar-refractivity contribution < 1.29 is 9.90 Å². The molecule has 1 aliphatic heterocycles. The number of aromatic nitrogens is 1. The number of likely N-dealkylation sites (tertiary alicyclic amines) is 1. The lowest BCUT2D eigenvalue weighted by Gasteiger charge is -2.30. The zero-order valence-corrected chi connectivity index (χ0v) is 12.4. The number of aliphatic hydroxyl groups excluding tert-OH is 1. The molecule has 1 amide bonds. The van der Waals surface area contributed by atoms with Gasteiger partial charge < -0.3 is 15.3 Å². The fraction of sp³-hybridized carbons (Fsp3) is 0.571. The van der Waals surface area contributed by atoms with E-state index in [4.69, 9.17) is 11.6 Å². The Morgan fingerprint density at radius 3 is 3.10 bits per heavy atom. The highest BCUT2D eigenvalue weighted by atomic mass is 35.5. The zero-order valence-electron chi connectivity index (χ0n) is 11.6. The van der Waals surface area contributed by atoms with E-state index in [1.54, 1.807) is 17.0 Å². The minimum absolute atomic E-state index is 0.104. The van der Waals surface area contributed by atoms with Crippen molar-refractivity contribution in [3.63, 3.8) is 0 Å². The van der Waals surface area contributed by atoms with E-state index >= 15 is 0 Å². The standard InChI is InChI=1S/C14H20ClN3O2/c1-2-5-16-13-8-10(7-12(15)17-13)14(20)18-6-3-4-11(19)9-18/h7-8,11,19H,2-6,9H2,1H3,(H,16,17). The lowest BCUT2D eigenvalue weighted by atomic mass is 10.1. The van der Waals surface area contributed by atoms with Crippen LogP contribution in [0.4, 0.5) is 5.82 Å². The van der Waals surface area contributed by atoms with Crippen LogP contribution >= 0.6 is 11.6 Å². The quantitative estimate of drug-likeness (QED) is 0.836. The number of piperidine rings is 1. The second-order valence-corrected chi connectivity index (χ2v) is 5.43. The molecule has 0 spiro atoms. The summed E-state index contributed by atoms with van der Waals surface area (Å²) >= 11 is 5.97. The van der Waals surface area contributed by atoms with Gasteiger partial charge in [-0.25, -0.2) is 4.98 Å². The van der Waals surface area contributed by atoms with Gasteiger partial charge >= 0.3 is 0 Å². The van der Waals surface area contributed by atoms with Gasteiger partial charge in [-0.1, -0.05) is 18.5 Å². The molecule has 1 saturated heterocycles. The van der Waals surface area contributed by atoms with E-state index in [2.05, 4.69) is 17.2 Å². The molecule has 20 heavy (non-hydrogen) atoms. The van der Waals surface area contributed by atoms with Crippen LogP contribution < -0.4 is 5.32 Å². The lowest BCUT2D eigenvalue weighted by molar-refractivity contribution is 0.0473. The van der Waals surface area contributed by atoms with Crippen molar-refractivity contribution in [3.8, 4) is 0 Å². The van der Waals surface area contributed by atoms with Crippen molar-refractivity contribution in [2.24, 2.45) is 0 Å². The molecule has 110 valence electrons. The molecule has 2 N–H and O–H groups in total. The Labute approximate surface area is 123 Å². The van der Waals surface area contributed by atoms with Crippen LogP contribution in [0.25, 0.3) is 0 Å². The van der Waals surface area contributed by atoms with Gasteiger partial charge in [0.1, 0.15) is 11.0 Å². The number of rotatable bonds is 4. The Hall–Kier alpha value is -1.33. The summed E-state index contributed by atoms with van der Waals surface area (Å²) in [6.45, 7) is 3.90. The normalized spacial score (nSPS) is 18.9. The Morgan fingerprint density at radius 2 is 2.40 bits per heavy atom. The largest absolute Gasteiger partial charge is 0.391 e. The maximum Gasteiger partial charge on any atom is 0.254 e. The van der Waals surface area contributed by atoms with Gasteiger partial charge in [0.05, 0.1) is 6.10 Å². The number of carbonyl (C=O) groups excluding carboxylic acids is 1. The first-order valence-corrected chi connectivity index (χ1v) is 7.36. The van der Waals surface area contributed by atoms with Gasteiger partial charge in [0.2, 0.25) is 0 Å². The third kappa shape index (κ3) is 3.84. The molecule has 1 aromatic rings. The molecule has 0 radical (unpaired) electrons. The smallest absolute Gasteiger partial charge is 0.254 e. The number of β-amino-alcohol motifs (C(OH)–C–C–N with tert-alkyl or cyclic N) is 1. The van der Waals surface area contributed by atoms with Gasteiger partial charge in [-0.05, 0) is 31.4 Å². The van der Waals surface area contributed by atoms with E-state index in [-0.39, 0.29) is 5.91 Å². The van der Waals surface area contributed by atoms with E-state index in [0.717, 1.165) is 25.8 Å². The first-order chi connectivity index (χ1) is 9.60. The molecule has 0 bridgehead atoms. The predicted molar refractivity (Wildman–Crippen MR) is 79.2 cm³/mol. The van der Waals surface area contributed by atoms with Crippen LogP contribution in [0.2, 0.25) is 5.15 Å². The third-order valence-corrected chi connectivity index (χ3v) is 3.47. The molecular formula is C14H20ClN3O2. The molecule has 1 unspecified atom stereocenters. The summed E-state index contributed by atoms with van der Waals surface area (Å²) in [6.07, 6.45) is 2.12. The average Bonchev–Trinajstić information content (AvgIpc) is 2.43. The lowest BCUT2D eigenvalue weighted by Crippen LogP contribution is -2.42. The molecule has 1 aliphatic rings. The molecule has 2 heterocycles. The number of hydrogen-bond acceptors (Lipinski definition) is 4. The first kappa shape index (κ1) is 15.1. The number of halogens is 1. The van der Waals surface area contributed by atoms with Gasteiger partial charge in [0.25, 0.3) is 5.91 Å². The number of hydrogen-bond donors (Lipinski definition) is 2. The topological polar surface area (TPSA) is 65.5 Å². The molecule has 0 aromatic carbocycles. The van der Waals surface area contributed by atoms with Crippen molar-refractivity contribution in [1.29, 1.82) is 0 Å². The molecular weight excluding hydrogens is 278 g/mol. The summed E-state index contributed by atoms with van der Waals surface area (Å²) in [5, 5.41) is 13.1. The maximum atomic E-state index is 12.4. The Bertz CT molecular complexity index is 481. The van der Waals surface area contributed by atoms with Crippen LogP contribution in [-0.4, -0.2) is 46.6 Å². The summed E-state index contributed by atoms with van der Waals surface area (Å²) in [6, 6.07) is 3.28. The average molecular weight is 298 g/mol. The van der Waals surface area contributed by atoms with Crippen LogP contribution in [-0.2, 0) is 0 Å². The van der Waals surface area contributed by atoms with Crippen LogP contribution in [0.5, 0.6) is 0 Å². The maximum absolute atomic E-state index is 12.4. The van der Waals surface area contributed by atoms with E-state index in [0.29, 0.717) is 29.6 Å². The number of pyridine rings is 1. The molecule has 1 fully saturated rings. The summed E-state index contributed by atoms with van der Waals surface area (Å²) in [5.74, 6) is 0.507. The third-order valence-electron chi connectivity index (χ3n) is 3.28. The van der Waals surface area contributed by atoms with Crippen LogP contribution in [0, 0.1) is 0 Å². The highest BCUT2D eigenvalue weighted by Gasteiger charge is 2.23. The number of aliphatic hydroxyl groups is 1. The SMILES string of the molecule is CCCNc1cc(C(=O)N2CCCC(O)C2)cc(Cl)n1. The number of anilines is 1. The molecule has 0 aliphatic carbocycles. The van der Waals surface area contributed by atoms with Crippen molar-refractivity contribution in [2.45, 2.75) is 32.3 Å². The summed E-state index contributed by atoms with van der Waals surface area (Å²) < 4.78 is 0. The Balaban J connectivity index is 2.14. The molecule has 0 saturated carbocycles. The highest BCUT2D eigenvalue weighted by Crippen LogP contribution is 2.19. The fourth-order valence-electron chi connectivity index (χ4n) is 2.29. The number of amides is 1. The monoisotopic (exact) mass is 297 g/mol. The van der Waals surface area contributed by atoms with Gasteiger partial charge in [-0.3, -0.25) is 4.79 Å². The fourth-order valence-corrected chi connectivity index (χ4v) is 2.49. The van der Waals surface area contributed by atoms with E-state index < -0.39 is 6.10 Å². The van der Waals surface area contributed by atoms with E-state index in [9.17, 15) is 9.90 Å². The second kappa shape index (κ2) is 6.90. The van der Waals surface area contributed by atoms with Gasteiger partial charge in [-0.2, -0.15) is 0 Å². The highest BCUT2D eigenvalue weighted by molar-refractivity contribution is 6.29. The number of carbonyl (C=O) groups is 1. The minimum atomic E-state index is -0.428. The summed E-state index contributed by atoms with van der Waals surface area (Å²) in [4.78, 5) is 18.2. The Morgan fingerprint density at radius 1 is 1.60 bits per heavy atom. The number of nitrogens with one attached hydrogen (secondary N) is 1. The molecule has 5 nitrogen and oxygen atoms in total. The van der Waals surface area contributed by atoms with Crippen LogP contribution in [0.1, 0.15) is 36.5 Å². The second-order valence-electron chi connectivity index (χ2n) is 5.04. The van der Waals surface area contributed by atoms with Gasteiger partial charge in [0.15, 0.2) is 0 Å². The summed E-state index contributed by atoms with van der Waals surface area (Å²) in [5.41, 5.74) is 0.512. The van der Waals surface area contributed by atoms with Crippen molar-refractivity contribution in [2.75, 3.05) is 25.0 Å². The van der Waals surface area contributed by atoms with Crippen molar-refractivity contribution >= 4 is 23.3 Å². The Kier molecular flexibility index (Phi) is 5.20. The van der Waals surface area contributed by atoms with E-state index in [1.807, 2.05) is 0 Å². The predicted octanol–water partition coefficient (Wildman–Crippen LogP) is 2.15. The summed E-state index contributed by atoms with van der Waals surface area (Å²) in [7, 11) is 0. The molecule has 1 atom stereocenters. The van der Waals surface area contributed by atoms with E-state index in [1.165, 1.54) is 0 Å². The molecule has 2 rings (SSSR count). The first-order valence-electron chi connectivity index (χ1n) is 6.99. The van der Waals surface area contributed by atoms with Crippen LogP contribution in [0.15, 0.2) is 12.1 Å². The van der Waals surface area contributed by atoms with Crippen LogP contribution in [0.3, 0.4) is 0 Å². The molecule has 1 aromatic heterocycles. The van der Waals surface area contributed by atoms with Crippen molar-refractivity contribution in [1.82, 2.24) is 9.88 Å². The minimum Gasteiger partial charge on any atom is -0.391 e. The zero-order chi connectivity index (χ0) is 14.5. The van der Waals surface area contributed by atoms with Gasteiger partial charge in [-0.15, -0.1) is 0 Å².